The second kappa shape index (κ2) is 4.94. The maximum Gasteiger partial charge on any atom is 0.185 e. The molecule has 0 amide bonds. The van der Waals surface area contributed by atoms with Crippen molar-refractivity contribution in [2.45, 2.75) is 38.6 Å². The quantitative estimate of drug-likeness (QED) is 0.891. The van der Waals surface area contributed by atoms with Crippen molar-refractivity contribution < 1.29 is 0 Å². The molecule has 1 aromatic heterocycles. The van der Waals surface area contributed by atoms with Crippen molar-refractivity contribution in [3.05, 3.63) is 11.1 Å². The summed E-state index contributed by atoms with van der Waals surface area (Å²) in [5.41, 5.74) is 1.16. The largest absolute Gasteiger partial charge is 0.345 e. The normalized spacial score (nSPS) is 24.9. The molecule has 2 fully saturated rings. The van der Waals surface area contributed by atoms with Gasteiger partial charge in [0, 0.05) is 18.0 Å². The van der Waals surface area contributed by atoms with Crippen LogP contribution >= 0.6 is 11.3 Å². The van der Waals surface area contributed by atoms with Crippen molar-refractivity contribution in [1.29, 1.82) is 0 Å². The van der Waals surface area contributed by atoms with Gasteiger partial charge in [-0.2, -0.15) is 0 Å². The lowest BCUT2D eigenvalue weighted by atomic mass is 9.99. The molecule has 3 rings (SSSR count). The number of piperidine rings is 1. The highest BCUT2D eigenvalue weighted by Gasteiger charge is 2.32. The zero-order valence-electron chi connectivity index (χ0n) is 10.5. The third kappa shape index (κ3) is 2.80. The molecule has 1 unspecified atom stereocenters. The third-order valence-corrected chi connectivity index (χ3v) is 4.69. The number of aromatic nitrogens is 1. The molecule has 0 spiro atoms. The van der Waals surface area contributed by atoms with Gasteiger partial charge in [-0.15, -0.1) is 11.3 Å². The summed E-state index contributed by atoms with van der Waals surface area (Å²) in [6.45, 7) is 5.68. The standard InChI is InChI=1S/C13H21N3S/c1-10-9-17-13(15-10)16(12-4-5-12)8-11-3-2-6-14-7-11/h9,11-12,14H,2-8H2,1H3. The van der Waals surface area contributed by atoms with Crippen LogP contribution in [0.15, 0.2) is 5.38 Å². The van der Waals surface area contributed by atoms with E-state index in [1.807, 2.05) is 11.3 Å². The van der Waals surface area contributed by atoms with Crippen molar-refractivity contribution in [2.75, 3.05) is 24.5 Å². The lowest BCUT2D eigenvalue weighted by molar-refractivity contribution is 0.376. The molecule has 4 heteroatoms. The molecule has 1 saturated heterocycles. The topological polar surface area (TPSA) is 28.2 Å². The first-order chi connectivity index (χ1) is 8.33. The third-order valence-electron chi connectivity index (χ3n) is 3.69. The molecule has 1 aliphatic carbocycles. The van der Waals surface area contributed by atoms with E-state index < -0.39 is 0 Å². The predicted molar refractivity (Wildman–Crippen MR) is 72.8 cm³/mol. The van der Waals surface area contributed by atoms with Crippen LogP contribution in [0.3, 0.4) is 0 Å². The molecular weight excluding hydrogens is 230 g/mol. The molecule has 94 valence electrons. The van der Waals surface area contributed by atoms with Gasteiger partial charge in [0.05, 0.1) is 5.69 Å². The van der Waals surface area contributed by atoms with Gasteiger partial charge < -0.3 is 10.2 Å². The SMILES string of the molecule is Cc1csc(N(CC2CCCNC2)C2CC2)n1. The van der Waals surface area contributed by atoms with Gasteiger partial charge in [0.1, 0.15) is 0 Å². The minimum absolute atomic E-state index is 0.780. The number of hydrogen-bond donors (Lipinski definition) is 1. The van der Waals surface area contributed by atoms with Crippen molar-refractivity contribution in [3.63, 3.8) is 0 Å². The van der Waals surface area contributed by atoms with Crippen molar-refractivity contribution in [1.82, 2.24) is 10.3 Å². The highest BCUT2D eigenvalue weighted by molar-refractivity contribution is 7.13. The first-order valence-electron chi connectivity index (χ1n) is 6.72. The van der Waals surface area contributed by atoms with Crippen LogP contribution in [0, 0.1) is 12.8 Å². The fourth-order valence-corrected chi connectivity index (χ4v) is 3.49. The fraction of sp³-hybridized carbons (Fsp3) is 0.769. The summed E-state index contributed by atoms with van der Waals surface area (Å²) in [5, 5.41) is 6.93. The second-order valence-electron chi connectivity index (χ2n) is 5.37. The molecule has 1 saturated carbocycles. The Bertz CT molecular complexity index is 366. The molecule has 1 N–H and O–H groups in total. The Balaban J connectivity index is 1.67. The van der Waals surface area contributed by atoms with Gasteiger partial charge in [-0.05, 0) is 51.6 Å². The molecule has 3 nitrogen and oxygen atoms in total. The number of aryl methyl sites for hydroxylation is 1. The zero-order chi connectivity index (χ0) is 11.7. The average molecular weight is 251 g/mol. The smallest absolute Gasteiger partial charge is 0.185 e. The molecule has 17 heavy (non-hydrogen) atoms. The molecule has 2 aliphatic rings. The van der Waals surface area contributed by atoms with E-state index in [0.29, 0.717) is 0 Å². The Labute approximate surface area is 107 Å². The summed E-state index contributed by atoms with van der Waals surface area (Å²) in [4.78, 5) is 7.23. The van der Waals surface area contributed by atoms with Crippen molar-refractivity contribution >= 4 is 16.5 Å². The summed E-state index contributed by atoms with van der Waals surface area (Å²) in [5.74, 6) is 0.813. The van der Waals surface area contributed by atoms with Crippen LogP contribution in [-0.2, 0) is 0 Å². The minimum Gasteiger partial charge on any atom is -0.345 e. The number of hydrogen-bond acceptors (Lipinski definition) is 4. The maximum atomic E-state index is 4.66. The highest BCUT2D eigenvalue weighted by atomic mass is 32.1. The van der Waals surface area contributed by atoms with Crippen LogP contribution in [0.1, 0.15) is 31.4 Å². The summed E-state index contributed by atoms with van der Waals surface area (Å²) < 4.78 is 0. The van der Waals surface area contributed by atoms with E-state index in [1.165, 1.54) is 50.4 Å². The van der Waals surface area contributed by atoms with E-state index in [4.69, 9.17) is 0 Å². The van der Waals surface area contributed by atoms with Gasteiger partial charge in [-0.1, -0.05) is 0 Å². The summed E-state index contributed by atoms with van der Waals surface area (Å²) in [6.07, 6.45) is 5.43. The van der Waals surface area contributed by atoms with E-state index in [2.05, 4.69) is 27.5 Å². The molecule has 2 heterocycles. The van der Waals surface area contributed by atoms with E-state index >= 15 is 0 Å². The molecule has 1 atom stereocenters. The van der Waals surface area contributed by atoms with Crippen LogP contribution in [0.2, 0.25) is 0 Å². The molecule has 0 radical (unpaired) electrons. The zero-order valence-corrected chi connectivity index (χ0v) is 11.3. The number of nitrogens with zero attached hydrogens (tertiary/aromatic N) is 2. The van der Waals surface area contributed by atoms with Gasteiger partial charge in [-0.3, -0.25) is 0 Å². The second-order valence-corrected chi connectivity index (χ2v) is 6.20. The summed E-state index contributed by atoms with van der Waals surface area (Å²) in [7, 11) is 0. The van der Waals surface area contributed by atoms with Gasteiger partial charge in [-0.25, -0.2) is 4.98 Å². The maximum absolute atomic E-state index is 4.66. The number of nitrogens with one attached hydrogen (secondary N) is 1. The van der Waals surface area contributed by atoms with Crippen molar-refractivity contribution in [2.24, 2.45) is 5.92 Å². The van der Waals surface area contributed by atoms with E-state index in [0.717, 1.165) is 17.7 Å². The summed E-state index contributed by atoms with van der Waals surface area (Å²) in [6, 6.07) is 0.780. The highest BCUT2D eigenvalue weighted by Crippen LogP contribution is 2.34. The fourth-order valence-electron chi connectivity index (χ4n) is 2.60. The molecule has 1 aliphatic heterocycles. The van der Waals surface area contributed by atoms with Gasteiger partial charge >= 0.3 is 0 Å². The van der Waals surface area contributed by atoms with Crippen LogP contribution in [0.5, 0.6) is 0 Å². The van der Waals surface area contributed by atoms with Crippen LogP contribution in [0.4, 0.5) is 5.13 Å². The average Bonchev–Trinajstić information content (AvgIpc) is 3.10. The van der Waals surface area contributed by atoms with Gasteiger partial charge in [0.25, 0.3) is 0 Å². The van der Waals surface area contributed by atoms with Crippen LogP contribution in [-0.4, -0.2) is 30.7 Å². The van der Waals surface area contributed by atoms with E-state index in [9.17, 15) is 0 Å². The van der Waals surface area contributed by atoms with Crippen LogP contribution < -0.4 is 10.2 Å². The van der Waals surface area contributed by atoms with Crippen LogP contribution in [0.25, 0.3) is 0 Å². The first-order valence-corrected chi connectivity index (χ1v) is 7.60. The number of rotatable bonds is 4. The number of thiazole rings is 1. The Morgan fingerprint density at radius 1 is 1.47 bits per heavy atom. The molecular formula is C13H21N3S. The Hall–Kier alpha value is -0.610. The van der Waals surface area contributed by atoms with E-state index in [-0.39, 0.29) is 0 Å². The molecule has 0 aromatic carbocycles. The summed E-state index contributed by atoms with van der Waals surface area (Å²) >= 11 is 1.81. The Morgan fingerprint density at radius 3 is 2.94 bits per heavy atom. The lowest BCUT2D eigenvalue weighted by Gasteiger charge is -2.30. The van der Waals surface area contributed by atoms with E-state index in [1.54, 1.807) is 0 Å². The first kappa shape index (κ1) is 11.5. The van der Waals surface area contributed by atoms with Crippen molar-refractivity contribution in [3.8, 4) is 0 Å². The van der Waals surface area contributed by atoms with Gasteiger partial charge in [0.15, 0.2) is 5.13 Å². The lowest BCUT2D eigenvalue weighted by Crippen LogP contribution is -2.39. The minimum atomic E-state index is 0.780. The van der Waals surface area contributed by atoms with Gasteiger partial charge in [0.2, 0.25) is 0 Å². The molecule has 1 aromatic rings. The molecule has 0 bridgehead atoms. The monoisotopic (exact) mass is 251 g/mol. The number of anilines is 1. The Kier molecular flexibility index (Phi) is 3.34. The Morgan fingerprint density at radius 2 is 2.35 bits per heavy atom. The predicted octanol–water partition coefficient (Wildman–Crippen LogP) is 2.42.